The number of carbonyl (C=O) groups excluding carboxylic acids is 1. The molecule has 0 bridgehead atoms. The Hall–Kier alpha value is -3.92. The third kappa shape index (κ3) is 6.08. The summed E-state index contributed by atoms with van der Waals surface area (Å²) in [7, 11) is 0. The molecule has 1 aliphatic rings. The van der Waals surface area contributed by atoms with Crippen molar-refractivity contribution < 1.29 is 14.3 Å². The largest absolute Gasteiger partial charge is 0.492 e. The number of nitrogens with zero attached hydrogens (tertiary/aromatic N) is 4. The number of fused-ring (bicyclic) bond motifs is 1. The maximum atomic E-state index is 11.6. The van der Waals surface area contributed by atoms with Crippen LogP contribution in [-0.4, -0.2) is 64.8 Å². The van der Waals surface area contributed by atoms with Gasteiger partial charge >= 0.3 is 0 Å². The molecule has 2 aromatic heterocycles. The summed E-state index contributed by atoms with van der Waals surface area (Å²) in [6.07, 6.45) is 4.68. The van der Waals surface area contributed by atoms with E-state index >= 15 is 0 Å². The van der Waals surface area contributed by atoms with E-state index in [2.05, 4.69) is 32.1 Å². The number of rotatable bonds is 9. The van der Waals surface area contributed by atoms with Crippen molar-refractivity contribution in [3.8, 4) is 11.6 Å². The molecule has 9 nitrogen and oxygen atoms in total. The van der Waals surface area contributed by atoms with Gasteiger partial charge in [0.05, 0.1) is 24.9 Å². The molecule has 3 heterocycles. The zero-order valence-electron chi connectivity index (χ0n) is 20.2. The van der Waals surface area contributed by atoms with E-state index in [0.29, 0.717) is 29.1 Å². The highest BCUT2D eigenvalue weighted by atomic mass is 35.5. The van der Waals surface area contributed by atoms with E-state index in [9.17, 15) is 4.79 Å². The van der Waals surface area contributed by atoms with Gasteiger partial charge in [0.1, 0.15) is 17.4 Å². The number of ether oxygens (including phenoxy) is 2. The Bertz CT molecular complexity index is 1400. The maximum absolute atomic E-state index is 11.6. The van der Waals surface area contributed by atoms with Crippen molar-refractivity contribution in [3.63, 3.8) is 0 Å². The molecule has 5 rings (SSSR count). The third-order valence-corrected chi connectivity index (χ3v) is 6.25. The third-order valence-electron chi connectivity index (χ3n) is 5.99. The summed E-state index contributed by atoms with van der Waals surface area (Å²) in [5.41, 5.74) is 2.40. The number of amides is 1. The van der Waals surface area contributed by atoms with Crippen molar-refractivity contribution in [2.45, 2.75) is 0 Å². The minimum atomic E-state index is -0.263. The van der Waals surface area contributed by atoms with Gasteiger partial charge in [0.25, 0.3) is 0 Å². The number of halogens is 1. The number of anilines is 3. The average molecular weight is 519 g/mol. The van der Waals surface area contributed by atoms with Crippen LogP contribution in [0.2, 0.25) is 5.02 Å². The first-order chi connectivity index (χ1) is 18.1. The van der Waals surface area contributed by atoms with E-state index in [-0.39, 0.29) is 5.91 Å². The zero-order valence-corrected chi connectivity index (χ0v) is 20.9. The number of aromatic nitrogens is 3. The molecule has 1 amide bonds. The first-order valence-corrected chi connectivity index (χ1v) is 12.3. The molecular formula is C27H27ClN6O3. The fraction of sp³-hybridized carbons (Fsp3) is 0.222. The number of benzene rings is 2. The summed E-state index contributed by atoms with van der Waals surface area (Å²) in [4.78, 5) is 22.9. The van der Waals surface area contributed by atoms with E-state index in [1.165, 1.54) is 6.08 Å². The van der Waals surface area contributed by atoms with Crippen molar-refractivity contribution in [1.82, 2.24) is 19.4 Å². The zero-order chi connectivity index (χ0) is 25.6. The van der Waals surface area contributed by atoms with Crippen molar-refractivity contribution in [3.05, 3.63) is 78.6 Å². The molecule has 0 radical (unpaired) electrons. The Balaban J connectivity index is 1.26. The monoisotopic (exact) mass is 518 g/mol. The molecule has 0 unspecified atom stereocenters. The van der Waals surface area contributed by atoms with Crippen LogP contribution < -0.4 is 15.4 Å². The lowest BCUT2D eigenvalue weighted by Crippen LogP contribution is -2.38. The van der Waals surface area contributed by atoms with Gasteiger partial charge in [-0.25, -0.2) is 4.98 Å². The Kier molecular flexibility index (Phi) is 7.65. The Morgan fingerprint density at radius 3 is 2.70 bits per heavy atom. The van der Waals surface area contributed by atoms with Gasteiger partial charge in [-0.05, 0) is 54.6 Å². The van der Waals surface area contributed by atoms with Crippen LogP contribution in [0, 0.1) is 0 Å². The van der Waals surface area contributed by atoms with Crippen molar-refractivity contribution in [2.24, 2.45) is 0 Å². The van der Waals surface area contributed by atoms with Crippen LogP contribution in [0.5, 0.6) is 5.75 Å². The number of carbonyl (C=O) groups is 1. The summed E-state index contributed by atoms with van der Waals surface area (Å²) < 4.78 is 13.1. The molecular weight excluding hydrogens is 492 g/mol. The maximum Gasteiger partial charge on any atom is 0.247 e. The molecule has 190 valence electrons. The lowest BCUT2D eigenvalue weighted by atomic mass is 10.2. The van der Waals surface area contributed by atoms with Crippen LogP contribution >= 0.6 is 11.6 Å². The summed E-state index contributed by atoms with van der Waals surface area (Å²) in [6, 6.07) is 15.2. The van der Waals surface area contributed by atoms with Gasteiger partial charge in [0, 0.05) is 42.6 Å². The lowest BCUT2D eigenvalue weighted by Gasteiger charge is -2.26. The minimum Gasteiger partial charge on any atom is -0.492 e. The summed E-state index contributed by atoms with van der Waals surface area (Å²) >= 11 is 6.47. The van der Waals surface area contributed by atoms with Crippen LogP contribution in [0.3, 0.4) is 0 Å². The highest BCUT2D eigenvalue weighted by Crippen LogP contribution is 2.28. The molecule has 37 heavy (non-hydrogen) atoms. The molecule has 1 saturated heterocycles. The van der Waals surface area contributed by atoms with Crippen molar-refractivity contribution in [1.29, 1.82) is 0 Å². The predicted octanol–water partition coefficient (Wildman–Crippen LogP) is 4.65. The summed E-state index contributed by atoms with van der Waals surface area (Å²) in [6.45, 7) is 8.45. The number of hydrogen-bond donors (Lipinski definition) is 2. The van der Waals surface area contributed by atoms with Crippen molar-refractivity contribution >= 4 is 45.7 Å². The van der Waals surface area contributed by atoms with Crippen LogP contribution in [0.1, 0.15) is 0 Å². The number of nitrogens with one attached hydrogen (secondary N) is 2. The van der Waals surface area contributed by atoms with E-state index in [1.54, 1.807) is 6.20 Å². The van der Waals surface area contributed by atoms with Gasteiger partial charge in [0.2, 0.25) is 11.9 Å². The molecule has 1 aliphatic heterocycles. The van der Waals surface area contributed by atoms with E-state index in [1.807, 2.05) is 59.3 Å². The Morgan fingerprint density at radius 1 is 1.14 bits per heavy atom. The number of hydrogen-bond acceptors (Lipinski definition) is 7. The molecule has 0 saturated carbocycles. The highest BCUT2D eigenvalue weighted by Gasteiger charge is 2.13. The van der Waals surface area contributed by atoms with Gasteiger partial charge < -0.3 is 20.1 Å². The smallest absolute Gasteiger partial charge is 0.247 e. The molecule has 10 heteroatoms. The van der Waals surface area contributed by atoms with Gasteiger partial charge in [-0.3, -0.25) is 14.3 Å². The predicted molar refractivity (Wildman–Crippen MR) is 145 cm³/mol. The van der Waals surface area contributed by atoms with Crippen LogP contribution in [-0.2, 0) is 9.53 Å². The van der Waals surface area contributed by atoms with Gasteiger partial charge in [-0.1, -0.05) is 18.2 Å². The minimum absolute atomic E-state index is 0.263. The SMILES string of the molecule is C=CC(=O)Nc1ccc2c(ccn2-c2nc(Nc3ccc(OCCN4CCOCC4)cc3)ncc2Cl)c1. The highest BCUT2D eigenvalue weighted by molar-refractivity contribution is 6.32. The van der Waals surface area contributed by atoms with Gasteiger partial charge in [0.15, 0.2) is 5.82 Å². The van der Waals surface area contributed by atoms with E-state index in [0.717, 1.165) is 55.2 Å². The van der Waals surface area contributed by atoms with Gasteiger partial charge in [-0.2, -0.15) is 4.98 Å². The van der Waals surface area contributed by atoms with Gasteiger partial charge in [-0.15, -0.1) is 0 Å². The van der Waals surface area contributed by atoms with E-state index in [4.69, 9.17) is 21.1 Å². The molecule has 1 fully saturated rings. The Labute approximate surface area is 219 Å². The van der Waals surface area contributed by atoms with Crippen molar-refractivity contribution in [2.75, 3.05) is 50.1 Å². The first-order valence-electron chi connectivity index (χ1n) is 12.0. The first kappa shape index (κ1) is 24.8. The fourth-order valence-corrected chi connectivity index (χ4v) is 4.25. The average Bonchev–Trinajstić information content (AvgIpc) is 3.34. The van der Waals surface area contributed by atoms with Crippen LogP contribution in [0.25, 0.3) is 16.7 Å². The molecule has 0 atom stereocenters. The van der Waals surface area contributed by atoms with E-state index < -0.39 is 0 Å². The quantitative estimate of drug-likeness (QED) is 0.311. The summed E-state index contributed by atoms with van der Waals surface area (Å²) in [5, 5.41) is 7.33. The van der Waals surface area contributed by atoms with Crippen LogP contribution in [0.15, 0.2) is 73.6 Å². The molecule has 2 N–H and O–H groups in total. The number of morpholine rings is 1. The fourth-order valence-electron chi connectivity index (χ4n) is 4.07. The lowest BCUT2D eigenvalue weighted by molar-refractivity contribution is -0.111. The standard InChI is InChI=1S/C27H27ClN6O3/c1-2-25(35)30-21-5-8-24-19(17-21)9-10-34(24)26-23(28)18-29-27(32-26)31-20-3-6-22(7-4-20)37-16-13-33-11-14-36-15-12-33/h2-10,17-18H,1,11-16H2,(H,30,35)(H,29,31,32). The molecule has 4 aromatic rings. The Morgan fingerprint density at radius 2 is 1.92 bits per heavy atom. The second-order valence-electron chi connectivity index (χ2n) is 8.47. The second kappa shape index (κ2) is 11.4. The van der Waals surface area contributed by atoms with Crippen LogP contribution in [0.4, 0.5) is 17.3 Å². The molecule has 0 aliphatic carbocycles. The summed E-state index contributed by atoms with van der Waals surface area (Å²) in [5.74, 6) is 1.50. The molecule has 2 aromatic carbocycles. The second-order valence-corrected chi connectivity index (χ2v) is 8.88. The normalized spacial score (nSPS) is 13.9. The topological polar surface area (TPSA) is 93.5 Å². The molecule has 0 spiro atoms.